The van der Waals surface area contributed by atoms with Gasteiger partial charge in [0, 0.05) is 36.4 Å². The standard InChI is InChI=1S/C17H19N3O3S2/c1-11-9-25-17(18-11)14(7-12-5-6-24-10-12)19-15(21)4-3-13-8-16(22-2)20-23-13/h5-6,8-10,14H,3-4,7H2,1-2H3,(H,19,21). The summed E-state index contributed by atoms with van der Waals surface area (Å²) in [6, 6.07) is 3.65. The summed E-state index contributed by atoms with van der Waals surface area (Å²) in [5, 5.41) is 13.9. The van der Waals surface area contributed by atoms with Gasteiger partial charge >= 0.3 is 0 Å². The fraction of sp³-hybridized carbons (Fsp3) is 0.353. The van der Waals surface area contributed by atoms with Crippen LogP contribution in [0.2, 0.25) is 0 Å². The number of nitrogens with one attached hydrogen (secondary N) is 1. The first-order valence-corrected chi connectivity index (χ1v) is 9.68. The minimum absolute atomic E-state index is 0.0385. The van der Waals surface area contributed by atoms with E-state index in [9.17, 15) is 4.79 Å². The maximum atomic E-state index is 12.4. The smallest absolute Gasteiger partial charge is 0.254 e. The van der Waals surface area contributed by atoms with Gasteiger partial charge in [-0.3, -0.25) is 4.79 Å². The summed E-state index contributed by atoms with van der Waals surface area (Å²) >= 11 is 3.23. The van der Waals surface area contributed by atoms with Gasteiger partial charge in [0.25, 0.3) is 5.88 Å². The van der Waals surface area contributed by atoms with Gasteiger partial charge in [0.2, 0.25) is 5.91 Å². The van der Waals surface area contributed by atoms with Crippen molar-refractivity contribution < 1.29 is 14.1 Å². The molecule has 0 saturated heterocycles. The van der Waals surface area contributed by atoms with Crippen LogP contribution in [0, 0.1) is 6.92 Å². The van der Waals surface area contributed by atoms with Crippen LogP contribution in [0.4, 0.5) is 0 Å². The molecule has 3 rings (SSSR count). The van der Waals surface area contributed by atoms with Crippen molar-refractivity contribution in [3.8, 4) is 5.88 Å². The van der Waals surface area contributed by atoms with Crippen molar-refractivity contribution >= 4 is 28.6 Å². The highest BCUT2D eigenvalue weighted by atomic mass is 32.1. The van der Waals surface area contributed by atoms with E-state index >= 15 is 0 Å². The number of methoxy groups -OCH3 is 1. The first kappa shape index (κ1) is 17.6. The Kier molecular flexibility index (Phi) is 5.83. The molecule has 0 spiro atoms. The van der Waals surface area contributed by atoms with E-state index in [0.717, 1.165) is 17.1 Å². The summed E-state index contributed by atoms with van der Waals surface area (Å²) in [6.45, 7) is 1.96. The zero-order valence-corrected chi connectivity index (χ0v) is 15.7. The number of nitrogens with zero attached hydrogens (tertiary/aromatic N) is 2. The van der Waals surface area contributed by atoms with Crippen molar-refractivity contribution in [2.45, 2.75) is 32.2 Å². The molecule has 0 aliphatic carbocycles. The van der Waals surface area contributed by atoms with E-state index in [4.69, 9.17) is 9.26 Å². The average molecular weight is 377 g/mol. The minimum atomic E-state index is -0.120. The fourth-order valence-corrected chi connectivity index (χ4v) is 3.92. The average Bonchev–Trinajstić information content (AvgIpc) is 3.34. The van der Waals surface area contributed by atoms with Crippen molar-refractivity contribution in [3.63, 3.8) is 0 Å². The van der Waals surface area contributed by atoms with Crippen LogP contribution in [0.5, 0.6) is 5.88 Å². The molecule has 1 N–H and O–H groups in total. The van der Waals surface area contributed by atoms with E-state index in [2.05, 4.69) is 26.9 Å². The molecular weight excluding hydrogens is 358 g/mol. The van der Waals surface area contributed by atoms with E-state index in [-0.39, 0.29) is 11.9 Å². The van der Waals surface area contributed by atoms with Crippen molar-refractivity contribution in [1.29, 1.82) is 0 Å². The molecule has 1 unspecified atom stereocenters. The van der Waals surface area contributed by atoms with Gasteiger partial charge in [0.15, 0.2) is 0 Å². The molecule has 0 bridgehead atoms. The van der Waals surface area contributed by atoms with E-state index in [0.29, 0.717) is 24.5 Å². The van der Waals surface area contributed by atoms with E-state index in [1.54, 1.807) is 28.7 Å². The molecule has 0 fully saturated rings. The Morgan fingerprint density at radius 2 is 2.32 bits per heavy atom. The molecule has 0 radical (unpaired) electrons. The minimum Gasteiger partial charge on any atom is -0.479 e. The number of aromatic nitrogens is 2. The molecule has 0 aliphatic heterocycles. The second-order valence-corrected chi connectivity index (χ2v) is 7.29. The number of amides is 1. The number of hydrogen-bond donors (Lipinski definition) is 1. The Bertz CT molecular complexity index is 811. The van der Waals surface area contributed by atoms with Crippen molar-refractivity contribution in [1.82, 2.24) is 15.5 Å². The van der Waals surface area contributed by atoms with Gasteiger partial charge in [-0.2, -0.15) is 11.3 Å². The fourth-order valence-electron chi connectivity index (χ4n) is 2.39. The van der Waals surface area contributed by atoms with Crippen LogP contribution in [0.25, 0.3) is 0 Å². The predicted octanol–water partition coefficient (Wildman–Crippen LogP) is 3.54. The second kappa shape index (κ2) is 8.26. The number of carbonyl (C=O) groups excluding carboxylic acids is 1. The van der Waals surface area contributed by atoms with Crippen LogP contribution >= 0.6 is 22.7 Å². The van der Waals surface area contributed by atoms with Crippen molar-refractivity contribution in [3.05, 3.63) is 50.3 Å². The van der Waals surface area contributed by atoms with E-state index < -0.39 is 0 Å². The Hall–Kier alpha value is -2.19. The normalized spacial score (nSPS) is 12.1. The molecule has 8 heteroatoms. The molecule has 3 aromatic heterocycles. The maximum absolute atomic E-state index is 12.4. The van der Waals surface area contributed by atoms with Gasteiger partial charge in [0.05, 0.1) is 13.2 Å². The third-order valence-corrected chi connectivity index (χ3v) is 5.44. The second-order valence-electron chi connectivity index (χ2n) is 5.62. The zero-order valence-electron chi connectivity index (χ0n) is 14.0. The topological polar surface area (TPSA) is 77.2 Å². The lowest BCUT2D eigenvalue weighted by molar-refractivity contribution is -0.121. The lowest BCUT2D eigenvalue weighted by Gasteiger charge is -2.16. The maximum Gasteiger partial charge on any atom is 0.254 e. The predicted molar refractivity (Wildman–Crippen MR) is 97.1 cm³/mol. The van der Waals surface area contributed by atoms with Crippen LogP contribution in [-0.4, -0.2) is 23.2 Å². The van der Waals surface area contributed by atoms with Gasteiger partial charge in [-0.15, -0.1) is 11.3 Å². The Morgan fingerprint density at radius 1 is 1.44 bits per heavy atom. The molecule has 0 saturated carbocycles. The third kappa shape index (κ3) is 4.90. The molecule has 0 aromatic carbocycles. The monoisotopic (exact) mass is 377 g/mol. The highest BCUT2D eigenvalue weighted by Crippen LogP contribution is 2.23. The molecule has 1 atom stereocenters. The number of ether oxygens (including phenoxy) is 1. The molecule has 0 aliphatic rings. The molecule has 3 heterocycles. The highest BCUT2D eigenvalue weighted by molar-refractivity contribution is 7.09. The van der Waals surface area contributed by atoms with Crippen molar-refractivity contribution in [2.24, 2.45) is 0 Å². The largest absolute Gasteiger partial charge is 0.479 e. The molecule has 25 heavy (non-hydrogen) atoms. The quantitative estimate of drug-likeness (QED) is 0.650. The van der Waals surface area contributed by atoms with Gasteiger partial charge < -0.3 is 14.6 Å². The summed E-state index contributed by atoms with van der Waals surface area (Å²) in [4.78, 5) is 16.9. The Labute approximate surface area is 153 Å². The van der Waals surface area contributed by atoms with Crippen molar-refractivity contribution in [2.75, 3.05) is 7.11 Å². The zero-order chi connectivity index (χ0) is 17.6. The highest BCUT2D eigenvalue weighted by Gasteiger charge is 2.19. The molecule has 132 valence electrons. The first-order chi connectivity index (χ1) is 12.1. The summed E-state index contributed by atoms with van der Waals surface area (Å²) < 4.78 is 10.1. The molecule has 6 nitrogen and oxygen atoms in total. The third-order valence-electron chi connectivity index (χ3n) is 3.63. The Balaban J connectivity index is 1.61. The number of aryl methyl sites for hydroxylation is 2. The number of rotatable bonds is 8. The molecule has 1 amide bonds. The lowest BCUT2D eigenvalue weighted by Crippen LogP contribution is -2.30. The molecule has 3 aromatic rings. The lowest BCUT2D eigenvalue weighted by atomic mass is 10.1. The van der Waals surface area contributed by atoms with Gasteiger partial charge in [-0.25, -0.2) is 4.98 Å². The van der Waals surface area contributed by atoms with E-state index in [1.807, 2.05) is 17.7 Å². The summed E-state index contributed by atoms with van der Waals surface area (Å²) in [5.41, 5.74) is 2.17. The van der Waals surface area contributed by atoms with Crippen LogP contribution < -0.4 is 10.1 Å². The number of hydrogen-bond acceptors (Lipinski definition) is 7. The van der Waals surface area contributed by atoms with Gasteiger partial charge in [0.1, 0.15) is 10.8 Å². The first-order valence-electron chi connectivity index (χ1n) is 7.86. The number of thiophene rings is 1. The van der Waals surface area contributed by atoms with Crippen LogP contribution in [0.15, 0.2) is 32.8 Å². The van der Waals surface area contributed by atoms with Gasteiger partial charge in [-0.1, -0.05) is 0 Å². The SMILES string of the molecule is COc1cc(CCC(=O)NC(Cc2ccsc2)c2nc(C)cs2)on1. The molecular formula is C17H19N3O3S2. The summed E-state index contributed by atoms with van der Waals surface area (Å²) in [5.74, 6) is 1.01. The van der Waals surface area contributed by atoms with E-state index in [1.165, 1.54) is 12.7 Å². The summed E-state index contributed by atoms with van der Waals surface area (Å²) in [7, 11) is 1.53. The van der Waals surface area contributed by atoms with Crippen LogP contribution in [0.3, 0.4) is 0 Å². The van der Waals surface area contributed by atoms with Gasteiger partial charge in [-0.05, 0) is 34.5 Å². The number of carbonyl (C=O) groups is 1. The number of thiazole rings is 1. The van der Waals surface area contributed by atoms with Crippen LogP contribution in [-0.2, 0) is 17.6 Å². The Morgan fingerprint density at radius 3 is 2.96 bits per heavy atom. The summed E-state index contributed by atoms with van der Waals surface area (Å²) in [6.07, 6.45) is 1.53. The van der Waals surface area contributed by atoms with Crippen LogP contribution in [0.1, 0.15) is 34.5 Å².